The molecule has 3 heteroatoms. The van der Waals surface area contributed by atoms with Crippen molar-refractivity contribution >= 4 is 55.8 Å². The highest BCUT2D eigenvalue weighted by Crippen LogP contribution is 2.41. The molecule has 0 saturated heterocycles. The highest BCUT2D eigenvalue weighted by molar-refractivity contribution is 6.32. The van der Waals surface area contributed by atoms with Gasteiger partial charge in [-0.25, -0.2) is 4.98 Å². The predicted molar refractivity (Wildman–Crippen MR) is 146 cm³/mol. The number of hydrogen-bond donors (Lipinski definition) is 0. The molecule has 0 aliphatic heterocycles. The van der Waals surface area contributed by atoms with Gasteiger partial charge in [0.15, 0.2) is 0 Å². The second-order valence-corrected chi connectivity index (χ2v) is 8.28. The summed E-state index contributed by atoms with van der Waals surface area (Å²) in [6.45, 7) is 5.74. The number of rotatable bonds is 4. The largest absolute Gasteiger partial charge is 0.293 e. The molecular formula is C31H23N3. The molecule has 2 heterocycles. The number of pyridine rings is 1. The number of aromatic nitrogens is 2. The molecule has 0 radical (unpaired) electrons. The van der Waals surface area contributed by atoms with Crippen LogP contribution in [0.5, 0.6) is 0 Å². The second kappa shape index (κ2) is 8.13. The minimum atomic E-state index is 0.746. The molecule has 2 aromatic heterocycles. The fourth-order valence-corrected chi connectivity index (χ4v) is 4.96. The van der Waals surface area contributed by atoms with Gasteiger partial charge in [0, 0.05) is 16.2 Å². The Morgan fingerprint density at radius 1 is 0.765 bits per heavy atom. The van der Waals surface area contributed by atoms with E-state index >= 15 is 0 Å². The van der Waals surface area contributed by atoms with Crippen LogP contribution in [0.15, 0.2) is 114 Å². The highest BCUT2D eigenvalue weighted by Gasteiger charge is 2.19. The maximum atomic E-state index is 5.05. The Hall–Kier alpha value is -4.50. The van der Waals surface area contributed by atoms with Crippen LogP contribution in [0.2, 0.25) is 0 Å². The highest BCUT2D eigenvalue weighted by atomic mass is 15.1. The van der Waals surface area contributed by atoms with Crippen LogP contribution in [-0.2, 0) is 0 Å². The lowest BCUT2D eigenvalue weighted by molar-refractivity contribution is 1.07. The van der Waals surface area contributed by atoms with E-state index in [2.05, 4.69) is 95.1 Å². The monoisotopic (exact) mass is 437 g/mol. The van der Waals surface area contributed by atoms with Crippen LogP contribution in [0.4, 0.5) is 0 Å². The molecule has 0 spiro atoms. The molecule has 0 amide bonds. The van der Waals surface area contributed by atoms with Crippen LogP contribution in [0.1, 0.15) is 12.6 Å². The first-order valence-corrected chi connectivity index (χ1v) is 11.4. The SMILES string of the molecule is C=N/C(=C\C=C/C)c1cccc(-n2c3ccccc3c3c4ccccc4c4ccccc4c32)n1. The zero-order valence-electron chi connectivity index (χ0n) is 18.9. The topological polar surface area (TPSA) is 30.2 Å². The number of benzene rings is 4. The Bertz CT molecular complexity index is 1780. The zero-order chi connectivity index (χ0) is 23.1. The van der Waals surface area contributed by atoms with Crippen molar-refractivity contribution in [1.29, 1.82) is 0 Å². The Labute approximate surface area is 198 Å². The van der Waals surface area contributed by atoms with E-state index in [0.717, 1.165) is 22.7 Å². The first-order chi connectivity index (χ1) is 16.8. The first kappa shape index (κ1) is 20.1. The molecular weight excluding hydrogens is 414 g/mol. The molecule has 0 aliphatic carbocycles. The Balaban J connectivity index is 1.80. The van der Waals surface area contributed by atoms with Gasteiger partial charge in [-0.15, -0.1) is 0 Å². The first-order valence-electron chi connectivity index (χ1n) is 11.4. The smallest absolute Gasteiger partial charge is 0.138 e. The number of nitrogens with zero attached hydrogens (tertiary/aromatic N) is 3. The second-order valence-electron chi connectivity index (χ2n) is 8.28. The lowest BCUT2D eigenvalue weighted by Gasteiger charge is -2.12. The summed E-state index contributed by atoms with van der Waals surface area (Å²) in [6, 6.07) is 32.0. The molecule has 0 atom stereocenters. The molecule has 6 rings (SSSR count). The van der Waals surface area contributed by atoms with E-state index in [1.54, 1.807) is 0 Å². The van der Waals surface area contributed by atoms with E-state index in [9.17, 15) is 0 Å². The summed E-state index contributed by atoms with van der Waals surface area (Å²) in [5, 5.41) is 7.45. The van der Waals surface area contributed by atoms with Gasteiger partial charge in [-0.2, -0.15) is 0 Å². The third kappa shape index (κ3) is 2.98. The van der Waals surface area contributed by atoms with E-state index < -0.39 is 0 Å². The van der Waals surface area contributed by atoms with Gasteiger partial charge in [0.1, 0.15) is 5.82 Å². The normalized spacial score (nSPS) is 12.4. The van der Waals surface area contributed by atoms with Crippen LogP contribution >= 0.6 is 0 Å². The van der Waals surface area contributed by atoms with Gasteiger partial charge in [-0.05, 0) is 54.1 Å². The number of para-hydroxylation sites is 1. The van der Waals surface area contributed by atoms with E-state index in [4.69, 9.17) is 4.98 Å². The summed E-state index contributed by atoms with van der Waals surface area (Å²) in [4.78, 5) is 9.28. The zero-order valence-corrected chi connectivity index (χ0v) is 18.9. The summed E-state index contributed by atoms with van der Waals surface area (Å²) in [5.74, 6) is 0.860. The molecule has 34 heavy (non-hydrogen) atoms. The van der Waals surface area contributed by atoms with Gasteiger partial charge in [-0.1, -0.05) is 84.9 Å². The standard InChI is InChI=1S/C31H23N3/c1-3-4-17-26(32-2)27-18-11-20-29(33-27)34-28-19-10-9-16-25(28)30-23-14-7-5-12-21(23)22-13-6-8-15-24(22)31(30)34/h3-20H,2H2,1H3/b4-3-,26-17-. The summed E-state index contributed by atoms with van der Waals surface area (Å²) >= 11 is 0. The lowest BCUT2D eigenvalue weighted by atomic mass is 9.97. The van der Waals surface area contributed by atoms with E-state index in [0.29, 0.717) is 0 Å². The molecule has 3 nitrogen and oxygen atoms in total. The predicted octanol–water partition coefficient (Wildman–Crippen LogP) is 8.10. The molecule has 162 valence electrons. The van der Waals surface area contributed by atoms with Crippen LogP contribution in [0.25, 0.3) is 54.9 Å². The lowest BCUT2D eigenvalue weighted by Crippen LogP contribution is -2.00. The third-order valence-corrected chi connectivity index (χ3v) is 6.39. The number of fused-ring (bicyclic) bond motifs is 8. The van der Waals surface area contributed by atoms with Crippen molar-refractivity contribution in [1.82, 2.24) is 9.55 Å². The van der Waals surface area contributed by atoms with Crippen LogP contribution in [0, 0.1) is 0 Å². The van der Waals surface area contributed by atoms with Crippen LogP contribution < -0.4 is 0 Å². The molecule has 6 aromatic rings. The van der Waals surface area contributed by atoms with Gasteiger partial charge >= 0.3 is 0 Å². The van der Waals surface area contributed by atoms with Crippen molar-refractivity contribution in [3.63, 3.8) is 0 Å². The molecule has 0 unspecified atom stereocenters. The Kier molecular flexibility index (Phi) is 4.81. The average molecular weight is 438 g/mol. The van der Waals surface area contributed by atoms with Crippen molar-refractivity contribution in [2.45, 2.75) is 6.92 Å². The molecule has 0 aliphatic rings. The van der Waals surface area contributed by atoms with Gasteiger partial charge < -0.3 is 0 Å². The van der Waals surface area contributed by atoms with Gasteiger partial charge in [0.05, 0.1) is 22.4 Å². The number of aliphatic imine (C=N–C) groups is 1. The third-order valence-electron chi connectivity index (χ3n) is 6.39. The fourth-order valence-electron chi connectivity index (χ4n) is 4.96. The minimum absolute atomic E-state index is 0.746. The quantitative estimate of drug-likeness (QED) is 0.156. The maximum absolute atomic E-state index is 5.05. The van der Waals surface area contributed by atoms with Crippen molar-refractivity contribution in [3.8, 4) is 5.82 Å². The van der Waals surface area contributed by atoms with Gasteiger partial charge in [-0.3, -0.25) is 9.56 Å². The Morgan fingerprint density at radius 3 is 2.15 bits per heavy atom. The molecule has 4 aromatic carbocycles. The van der Waals surface area contributed by atoms with E-state index in [1.807, 2.05) is 37.3 Å². The fraction of sp³-hybridized carbons (Fsp3) is 0.0323. The summed E-state index contributed by atoms with van der Waals surface area (Å²) in [5.41, 5.74) is 3.84. The minimum Gasteiger partial charge on any atom is -0.293 e. The van der Waals surface area contributed by atoms with Crippen molar-refractivity contribution in [2.75, 3.05) is 0 Å². The van der Waals surface area contributed by atoms with E-state index in [-0.39, 0.29) is 0 Å². The number of allylic oxidation sites excluding steroid dienone is 3. The summed E-state index contributed by atoms with van der Waals surface area (Å²) in [7, 11) is 0. The maximum Gasteiger partial charge on any atom is 0.138 e. The molecule has 0 N–H and O–H groups in total. The van der Waals surface area contributed by atoms with Crippen LogP contribution in [0.3, 0.4) is 0 Å². The van der Waals surface area contributed by atoms with Crippen LogP contribution in [-0.4, -0.2) is 16.3 Å². The summed E-state index contributed by atoms with van der Waals surface area (Å²) < 4.78 is 2.29. The molecule has 0 saturated carbocycles. The average Bonchev–Trinajstić information content (AvgIpc) is 3.25. The van der Waals surface area contributed by atoms with Gasteiger partial charge in [0.25, 0.3) is 0 Å². The van der Waals surface area contributed by atoms with E-state index in [1.165, 1.54) is 37.8 Å². The Morgan fingerprint density at radius 2 is 1.41 bits per heavy atom. The summed E-state index contributed by atoms with van der Waals surface area (Å²) in [6.07, 6.45) is 5.87. The van der Waals surface area contributed by atoms with Crippen molar-refractivity contribution in [2.24, 2.45) is 4.99 Å². The van der Waals surface area contributed by atoms with Crippen molar-refractivity contribution < 1.29 is 0 Å². The molecule has 0 fully saturated rings. The molecule has 0 bridgehead atoms. The van der Waals surface area contributed by atoms with Crippen molar-refractivity contribution in [3.05, 3.63) is 115 Å². The van der Waals surface area contributed by atoms with Gasteiger partial charge in [0.2, 0.25) is 0 Å². The number of hydrogen-bond acceptors (Lipinski definition) is 2.